The van der Waals surface area contributed by atoms with E-state index in [0.717, 1.165) is 16.8 Å². The SMILES string of the molecule is C[C@H]1[C@H](C(C)(C)F)[C@@H](CCO)O[C@]12C(=O)N(Cc1ccc(N3C(=O)COc4ccccc43)cc1)c1ccccc12. The van der Waals surface area contributed by atoms with Crippen LogP contribution in [0.1, 0.15) is 38.3 Å². The van der Waals surface area contributed by atoms with Crippen molar-refractivity contribution in [2.75, 3.05) is 23.0 Å². The number of carbonyl (C=O) groups excluding carboxylic acids is 2. The number of ether oxygens (including phenoxy) is 2. The number of hydrogen-bond donors (Lipinski definition) is 1. The third-order valence-electron chi connectivity index (χ3n) is 8.52. The maximum absolute atomic E-state index is 15.5. The Balaban J connectivity index is 1.32. The Morgan fingerprint density at radius 3 is 2.38 bits per heavy atom. The molecular formula is C32H33FN2O5. The van der Waals surface area contributed by atoms with Crippen molar-refractivity contribution in [1.82, 2.24) is 0 Å². The first-order valence-electron chi connectivity index (χ1n) is 13.7. The summed E-state index contributed by atoms with van der Waals surface area (Å²) in [4.78, 5) is 30.4. The first kappa shape index (κ1) is 26.5. The molecule has 0 bridgehead atoms. The normalized spacial score (nSPS) is 25.8. The third kappa shape index (κ3) is 4.00. The van der Waals surface area contributed by atoms with Crippen LogP contribution in [0.15, 0.2) is 72.8 Å². The highest BCUT2D eigenvalue weighted by atomic mass is 19.1. The molecule has 1 N–H and O–H groups in total. The molecule has 6 rings (SSSR count). The standard InChI is InChI=1S/C32H33FN2O5/c1-20-29(31(2,3)33)27(16-17-36)40-32(20)23-8-4-5-9-24(23)34(30(32)38)18-21-12-14-22(15-13-21)35-25-10-6-7-11-26(25)39-19-28(35)37/h4-15,20,27,29,36H,16-19H2,1-3H3/t20-,27+,29-,32+/m0/s1. The maximum Gasteiger partial charge on any atom is 0.269 e. The molecular weight excluding hydrogens is 511 g/mol. The van der Waals surface area contributed by atoms with Crippen LogP contribution in [0.3, 0.4) is 0 Å². The van der Waals surface area contributed by atoms with Crippen LogP contribution >= 0.6 is 0 Å². The summed E-state index contributed by atoms with van der Waals surface area (Å²) in [5, 5.41) is 9.69. The molecule has 1 spiro atoms. The van der Waals surface area contributed by atoms with Gasteiger partial charge in [-0.25, -0.2) is 4.39 Å². The van der Waals surface area contributed by atoms with Gasteiger partial charge in [-0.3, -0.25) is 14.5 Å². The fraction of sp³-hybridized carbons (Fsp3) is 0.375. The molecule has 1 fully saturated rings. The molecule has 0 aliphatic carbocycles. The predicted octanol–water partition coefficient (Wildman–Crippen LogP) is 5.27. The summed E-state index contributed by atoms with van der Waals surface area (Å²) >= 11 is 0. The van der Waals surface area contributed by atoms with Crippen LogP contribution in [0.5, 0.6) is 5.75 Å². The molecule has 3 aromatic rings. The summed E-state index contributed by atoms with van der Waals surface area (Å²) in [6.45, 7) is 5.02. The van der Waals surface area contributed by atoms with Crippen molar-refractivity contribution in [2.24, 2.45) is 11.8 Å². The van der Waals surface area contributed by atoms with Crippen LogP contribution in [-0.4, -0.2) is 41.9 Å². The minimum Gasteiger partial charge on any atom is -0.482 e. The molecule has 2 amide bonds. The van der Waals surface area contributed by atoms with Crippen molar-refractivity contribution in [3.63, 3.8) is 0 Å². The number of fused-ring (bicyclic) bond motifs is 3. The van der Waals surface area contributed by atoms with Crippen LogP contribution in [0.25, 0.3) is 0 Å². The van der Waals surface area contributed by atoms with Gasteiger partial charge in [-0.05, 0) is 56.2 Å². The number of aliphatic hydroxyl groups is 1. The Labute approximate surface area is 233 Å². The maximum atomic E-state index is 15.5. The van der Waals surface area contributed by atoms with Crippen molar-refractivity contribution in [1.29, 1.82) is 0 Å². The van der Waals surface area contributed by atoms with E-state index in [9.17, 15) is 14.7 Å². The van der Waals surface area contributed by atoms with Gasteiger partial charge in [0.2, 0.25) is 0 Å². The van der Waals surface area contributed by atoms with E-state index in [1.54, 1.807) is 9.80 Å². The van der Waals surface area contributed by atoms with E-state index in [-0.39, 0.29) is 38.0 Å². The Morgan fingerprint density at radius 2 is 1.68 bits per heavy atom. The molecule has 1 saturated heterocycles. The highest BCUT2D eigenvalue weighted by Crippen LogP contribution is 2.58. The van der Waals surface area contributed by atoms with Crippen molar-refractivity contribution < 1.29 is 28.6 Å². The Bertz CT molecular complexity index is 1450. The van der Waals surface area contributed by atoms with Gasteiger partial charge >= 0.3 is 0 Å². The van der Waals surface area contributed by atoms with Crippen LogP contribution in [0.4, 0.5) is 21.5 Å². The summed E-state index contributed by atoms with van der Waals surface area (Å²) in [5.74, 6) is -0.748. The van der Waals surface area contributed by atoms with Crippen molar-refractivity contribution in [2.45, 2.75) is 51.1 Å². The van der Waals surface area contributed by atoms with Crippen molar-refractivity contribution in [3.05, 3.63) is 83.9 Å². The topological polar surface area (TPSA) is 79.3 Å². The fourth-order valence-corrected chi connectivity index (χ4v) is 6.87. The van der Waals surface area contributed by atoms with Crippen LogP contribution < -0.4 is 14.5 Å². The molecule has 0 aromatic heterocycles. The van der Waals surface area contributed by atoms with E-state index >= 15 is 4.39 Å². The van der Waals surface area contributed by atoms with E-state index < -0.39 is 29.2 Å². The second kappa shape index (κ2) is 9.71. The summed E-state index contributed by atoms with van der Waals surface area (Å²) in [6, 6.07) is 22.5. The van der Waals surface area contributed by atoms with E-state index in [0.29, 0.717) is 17.1 Å². The molecule has 208 valence electrons. The number of alkyl halides is 1. The molecule has 7 nitrogen and oxygen atoms in total. The smallest absolute Gasteiger partial charge is 0.269 e. The number of nitrogens with zero attached hydrogens (tertiary/aromatic N) is 2. The minimum atomic E-state index is -1.60. The molecule has 3 aromatic carbocycles. The van der Waals surface area contributed by atoms with Crippen molar-refractivity contribution in [3.8, 4) is 5.75 Å². The molecule has 0 unspecified atom stereocenters. The molecule has 3 aliphatic rings. The number of hydrogen-bond acceptors (Lipinski definition) is 5. The average molecular weight is 545 g/mol. The number of para-hydroxylation sites is 3. The van der Waals surface area contributed by atoms with Gasteiger partial charge in [-0.15, -0.1) is 0 Å². The summed E-state index contributed by atoms with van der Waals surface area (Å²) in [5.41, 5.74) is 0.812. The Morgan fingerprint density at radius 1 is 1.00 bits per heavy atom. The minimum absolute atomic E-state index is 0.0357. The van der Waals surface area contributed by atoms with Gasteiger partial charge < -0.3 is 19.5 Å². The van der Waals surface area contributed by atoms with Gasteiger partial charge in [-0.1, -0.05) is 49.4 Å². The van der Waals surface area contributed by atoms with Gasteiger partial charge in [0.1, 0.15) is 11.4 Å². The zero-order valence-electron chi connectivity index (χ0n) is 22.8. The van der Waals surface area contributed by atoms with Gasteiger partial charge in [0.15, 0.2) is 12.2 Å². The monoisotopic (exact) mass is 544 g/mol. The lowest BCUT2D eigenvalue weighted by molar-refractivity contribution is -0.146. The lowest BCUT2D eigenvalue weighted by Gasteiger charge is -2.32. The number of anilines is 3. The highest BCUT2D eigenvalue weighted by molar-refractivity contribution is 6.07. The quantitative estimate of drug-likeness (QED) is 0.458. The van der Waals surface area contributed by atoms with E-state index in [1.807, 2.05) is 79.7 Å². The van der Waals surface area contributed by atoms with E-state index in [1.165, 1.54) is 13.8 Å². The fourth-order valence-electron chi connectivity index (χ4n) is 6.87. The number of benzene rings is 3. The Hall–Kier alpha value is -3.75. The number of carbonyl (C=O) groups is 2. The van der Waals surface area contributed by atoms with Gasteiger partial charge in [0.25, 0.3) is 11.8 Å². The summed E-state index contributed by atoms with van der Waals surface area (Å²) < 4.78 is 27.6. The largest absolute Gasteiger partial charge is 0.482 e. The van der Waals surface area contributed by atoms with Crippen LogP contribution in [0.2, 0.25) is 0 Å². The second-order valence-corrected chi connectivity index (χ2v) is 11.3. The average Bonchev–Trinajstić information content (AvgIpc) is 3.36. The first-order valence-corrected chi connectivity index (χ1v) is 13.7. The summed E-state index contributed by atoms with van der Waals surface area (Å²) in [6.07, 6.45) is -0.338. The summed E-state index contributed by atoms with van der Waals surface area (Å²) in [7, 11) is 0. The van der Waals surface area contributed by atoms with Crippen LogP contribution in [0, 0.1) is 11.8 Å². The second-order valence-electron chi connectivity index (χ2n) is 11.3. The number of amides is 2. The predicted molar refractivity (Wildman–Crippen MR) is 149 cm³/mol. The zero-order chi connectivity index (χ0) is 28.2. The van der Waals surface area contributed by atoms with Gasteiger partial charge in [0.05, 0.1) is 24.0 Å². The molecule has 4 atom stereocenters. The van der Waals surface area contributed by atoms with E-state index in [4.69, 9.17) is 9.47 Å². The van der Waals surface area contributed by atoms with Crippen molar-refractivity contribution >= 4 is 28.9 Å². The Kier molecular flexibility index (Phi) is 6.43. The van der Waals surface area contributed by atoms with Gasteiger partial charge in [-0.2, -0.15) is 0 Å². The molecule has 0 radical (unpaired) electrons. The van der Waals surface area contributed by atoms with Gasteiger partial charge in [0, 0.05) is 29.7 Å². The number of aliphatic hydroxyl groups excluding tert-OH is 1. The van der Waals surface area contributed by atoms with E-state index in [2.05, 4.69) is 0 Å². The first-order chi connectivity index (χ1) is 19.2. The highest BCUT2D eigenvalue weighted by Gasteiger charge is 2.65. The lowest BCUT2D eigenvalue weighted by atomic mass is 9.71. The molecule has 0 saturated carbocycles. The number of rotatable bonds is 6. The lowest BCUT2D eigenvalue weighted by Crippen LogP contribution is -2.45. The molecule has 8 heteroatoms. The van der Waals surface area contributed by atoms with Crippen LogP contribution in [-0.2, 0) is 26.5 Å². The third-order valence-corrected chi connectivity index (χ3v) is 8.52. The number of halogens is 1. The molecule has 3 aliphatic heterocycles. The zero-order valence-corrected chi connectivity index (χ0v) is 22.8. The molecule has 3 heterocycles. The molecule has 40 heavy (non-hydrogen) atoms.